The number of carbonyl (C=O) groups is 2. The van der Waals surface area contributed by atoms with Crippen LogP contribution in [0.2, 0.25) is 0 Å². The Kier molecular flexibility index (Phi) is 1.79. The van der Waals surface area contributed by atoms with E-state index in [1.165, 1.54) is 0 Å². The molecule has 12 heavy (non-hydrogen) atoms. The van der Waals surface area contributed by atoms with Gasteiger partial charge in [-0.2, -0.15) is 13.2 Å². The number of hydrogen-bond donors (Lipinski definition) is 0. The smallest absolute Gasteiger partial charge is 0.266 e. The number of nitrogens with zero attached hydrogens (tertiary/aromatic N) is 2. The van der Waals surface area contributed by atoms with Gasteiger partial charge in [0, 0.05) is 6.08 Å². The Hall–Kier alpha value is -1.53. The first-order valence-corrected chi connectivity index (χ1v) is 2.70. The second-order valence-corrected chi connectivity index (χ2v) is 1.90. The molecule has 0 aromatic heterocycles. The first kappa shape index (κ1) is 8.57. The van der Waals surface area contributed by atoms with Gasteiger partial charge in [-0.05, 0) is 0 Å². The Morgan fingerprint density at radius 3 is 2.17 bits per heavy atom. The van der Waals surface area contributed by atoms with Gasteiger partial charge in [-0.15, -0.1) is 10.2 Å². The van der Waals surface area contributed by atoms with Crippen LogP contribution < -0.4 is 0 Å². The Labute approximate surface area is 63.8 Å². The Morgan fingerprint density at radius 2 is 1.75 bits per heavy atom. The van der Waals surface area contributed by atoms with E-state index >= 15 is 0 Å². The molecular weight excluding hydrogens is 177 g/mol. The highest BCUT2D eigenvalue weighted by Gasteiger charge is 2.40. The molecule has 0 aromatic carbocycles. The van der Waals surface area contributed by atoms with Crippen molar-refractivity contribution >= 4 is 11.8 Å². The zero-order valence-electron chi connectivity index (χ0n) is 5.42. The zero-order valence-corrected chi connectivity index (χ0v) is 5.42. The maximum Gasteiger partial charge on any atom is 0.422 e. The van der Waals surface area contributed by atoms with Crippen molar-refractivity contribution in [2.45, 2.75) is 6.18 Å². The number of halogens is 3. The van der Waals surface area contributed by atoms with Gasteiger partial charge in [0.2, 0.25) is 0 Å². The van der Waals surface area contributed by atoms with Crippen LogP contribution in [0.25, 0.3) is 0 Å². The largest absolute Gasteiger partial charge is 0.422 e. The van der Waals surface area contributed by atoms with E-state index in [1.54, 1.807) is 0 Å². The molecule has 4 nitrogen and oxygen atoms in total. The third-order valence-electron chi connectivity index (χ3n) is 1.04. The topological polar surface area (TPSA) is 58.9 Å². The second kappa shape index (κ2) is 2.50. The molecule has 7 heteroatoms. The normalized spacial score (nSPS) is 18.1. The van der Waals surface area contributed by atoms with Crippen LogP contribution >= 0.6 is 0 Å². The fourth-order valence-electron chi connectivity index (χ4n) is 0.566. The zero-order chi connectivity index (χ0) is 9.35. The summed E-state index contributed by atoms with van der Waals surface area (Å²) in [5, 5.41) is 5.14. The molecule has 0 radical (unpaired) electrons. The number of alkyl halides is 3. The van der Waals surface area contributed by atoms with Crippen LogP contribution in [-0.4, -0.2) is 18.0 Å². The molecule has 0 aromatic rings. The van der Waals surface area contributed by atoms with Crippen LogP contribution in [0.15, 0.2) is 21.9 Å². The molecule has 0 fully saturated rings. The summed E-state index contributed by atoms with van der Waals surface area (Å²) < 4.78 is 35.5. The third kappa shape index (κ3) is 1.55. The van der Waals surface area contributed by atoms with E-state index in [9.17, 15) is 22.8 Å². The first-order valence-electron chi connectivity index (χ1n) is 2.70. The summed E-state index contributed by atoms with van der Waals surface area (Å²) in [5.74, 6) is -2.72. The van der Waals surface area contributed by atoms with Crippen molar-refractivity contribution < 1.29 is 22.8 Å². The van der Waals surface area contributed by atoms with Crippen LogP contribution in [0.4, 0.5) is 13.2 Å². The van der Waals surface area contributed by atoms with Crippen molar-refractivity contribution in [2.24, 2.45) is 10.2 Å². The molecule has 2 amide bonds. The van der Waals surface area contributed by atoms with Gasteiger partial charge >= 0.3 is 12.1 Å². The number of carbonyl (C=O) groups excluding carboxylic acids is 2. The van der Waals surface area contributed by atoms with Gasteiger partial charge in [-0.25, -0.2) is 0 Å². The molecule has 64 valence electrons. The van der Waals surface area contributed by atoms with E-state index in [2.05, 4.69) is 10.2 Å². The van der Waals surface area contributed by atoms with Crippen LogP contribution in [0.5, 0.6) is 0 Å². The van der Waals surface area contributed by atoms with Crippen molar-refractivity contribution in [3.63, 3.8) is 0 Å². The summed E-state index contributed by atoms with van der Waals surface area (Å²) in [6, 6.07) is 0. The minimum absolute atomic E-state index is 0.120. The number of amides is 2. The van der Waals surface area contributed by atoms with Gasteiger partial charge in [0.15, 0.2) is 0 Å². The average Bonchev–Trinajstić information content (AvgIpc) is 1.92. The summed E-state index contributed by atoms with van der Waals surface area (Å²) in [6.07, 6.45) is -4.72. The Morgan fingerprint density at radius 1 is 1.17 bits per heavy atom. The van der Waals surface area contributed by atoms with Crippen LogP contribution in [0.3, 0.4) is 0 Å². The standard InChI is InChI=1S/C5HF3N2O2/c6-5(7,8)2-1-3(11)9-10-4(2)12/h1H. The lowest BCUT2D eigenvalue weighted by Crippen LogP contribution is -2.21. The van der Waals surface area contributed by atoms with E-state index in [0.717, 1.165) is 0 Å². The third-order valence-corrected chi connectivity index (χ3v) is 1.04. The quantitative estimate of drug-likeness (QED) is 0.555. The van der Waals surface area contributed by atoms with Crippen LogP contribution in [0, 0.1) is 0 Å². The summed E-state index contributed by atoms with van der Waals surface area (Å²) >= 11 is 0. The van der Waals surface area contributed by atoms with Gasteiger partial charge in [-0.3, -0.25) is 9.59 Å². The second-order valence-electron chi connectivity index (χ2n) is 1.90. The van der Waals surface area contributed by atoms with E-state index in [-0.39, 0.29) is 6.08 Å². The van der Waals surface area contributed by atoms with E-state index in [4.69, 9.17) is 0 Å². The molecule has 1 aliphatic heterocycles. The minimum Gasteiger partial charge on any atom is -0.266 e. The summed E-state index contributed by atoms with van der Waals surface area (Å²) in [7, 11) is 0. The van der Waals surface area contributed by atoms with Crippen molar-refractivity contribution in [3.8, 4) is 0 Å². The van der Waals surface area contributed by atoms with Gasteiger partial charge in [0.25, 0.3) is 5.91 Å². The van der Waals surface area contributed by atoms with Gasteiger partial charge in [-0.1, -0.05) is 0 Å². The molecular formula is C5HF3N2O2. The Balaban J connectivity index is 3.05. The van der Waals surface area contributed by atoms with Gasteiger partial charge in [0.05, 0.1) is 0 Å². The molecule has 0 saturated heterocycles. The SMILES string of the molecule is O=C1C=C(C(F)(F)F)C(=O)N=N1. The molecule has 0 aliphatic carbocycles. The highest BCUT2D eigenvalue weighted by atomic mass is 19.4. The van der Waals surface area contributed by atoms with Gasteiger partial charge < -0.3 is 0 Å². The first-order chi connectivity index (χ1) is 5.41. The Bertz CT molecular complexity index is 302. The monoisotopic (exact) mass is 178 g/mol. The molecule has 1 heterocycles. The molecule has 0 atom stereocenters. The lowest BCUT2D eigenvalue weighted by atomic mass is 10.2. The van der Waals surface area contributed by atoms with Crippen LogP contribution in [0.1, 0.15) is 0 Å². The maximum atomic E-state index is 11.8. The van der Waals surface area contributed by atoms with E-state index in [0.29, 0.717) is 0 Å². The predicted octanol–water partition coefficient (Wildman–Crippen LogP) is 0.994. The summed E-state index contributed by atoms with van der Waals surface area (Å²) in [6.45, 7) is 0. The highest BCUT2D eigenvalue weighted by molar-refractivity contribution is 6.05. The molecule has 1 aliphatic rings. The van der Waals surface area contributed by atoms with E-state index in [1.807, 2.05) is 0 Å². The van der Waals surface area contributed by atoms with Crippen molar-refractivity contribution in [2.75, 3.05) is 0 Å². The van der Waals surface area contributed by atoms with Crippen molar-refractivity contribution in [1.29, 1.82) is 0 Å². The molecule has 0 spiro atoms. The highest BCUT2D eigenvalue weighted by Crippen LogP contribution is 2.27. The molecule has 0 N–H and O–H groups in total. The summed E-state index contributed by atoms with van der Waals surface area (Å²) in [5.41, 5.74) is -1.58. The molecule has 0 bridgehead atoms. The number of azo groups is 1. The fourth-order valence-corrected chi connectivity index (χ4v) is 0.566. The predicted molar refractivity (Wildman–Crippen MR) is 29.0 cm³/mol. The van der Waals surface area contributed by atoms with Crippen LogP contribution in [-0.2, 0) is 9.59 Å². The average molecular weight is 178 g/mol. The van der Waals surface area contributed by atoms with Gasteiger partial charge in [0.1, 0.15) is 5.57 Å². The van der Waals surface area contributed by atoms with Crippen molar-refractivity contribution in [3.05, 3.63) is 11.6 Å². The fraction of sp³-hybridized carbons (Fsp3) is 0.200. The maximum absolute atomic E-state index is 11.8. The molecule has 0 saturated carbocycles. The minimum atomic E-state index is -4.84. The molecule has 1 rings (SSSR count). The lowest BCUT2D eigenvalue weighted by Gasteiger charge is -2.07. The van der Waals surface area contributed by atoms with Crippen molar-refractivity contribution in [1.82, 2.24) is 0 Å². The number of hydrogen-bond acceptors (Lipinski definition) is 2. The van der Waals surface area contributed by atoms with E-state index < -0.39 is 23.6 Å². The number of rotatable bonds is 0. The molecule has 0 unspecified atom stereocenters. The lowest BCUT2D eigenvalue weighted by molar-refractivity contribution is -0.131. The summed E-state index contributed by atoms with van der Waals surface area (Å²) in [4.78, 5) is 20.7.